The molecule has 3 rings (SSSR count). The van der Waals surface area contributed by atoms with Crippen molar-refractivity contribution in [2.45, 2.75) is 70.1 Å². The smallest absolute Gasteiger partial charge is 0.251 e. The van der Waals surface area contributed by atoms with Crippen molar-refractivity contribution in [1.82, 2.24) is 4.90 Å². The minimum Gasteiger partial charge on any atom is -0.364 e. The summed E-state index contributed by atoms with van der Waals surface area (Å²) in [5, 5.41) is 0. The normalized spacial score (nSPS) is 29.6. The molecule has 1 amide bonds. The van der Waals surface area contributed by atoms with Crippen molar-refractivity contribution in [3.63, 3.8) is 0 Å². The highest BCUT2D eigenvalue weighted by atomic mass is 19.3. The molecule has 0 aromatic heterocycles. The first kappa shape index (κ1) is 18.3. The van der Waals surface area contributed by atoms with Gasteiger partial charge in [-0.1, -0.05) is 43.7 Å². The van der Waals surface area contributed by atoms with Gasteiger partial charge in [0.15, 0.2) is 0 Å². The molecular weight excluding hydrogens is 324 g/mol. The molecule has 3 atom stereocenters. The Kier molecular flexibility index (Phi) is 5.72. The number of alkyl halides is 2. The number of hydrogen-bond donors (Lipinski definition) is 0. The Morgan fingerprint density at radius 2 is 2.00 bits per heavy atom. The Morgan fingerprint density at radius 1 is 1.24 bits per heavy atom. The maximum absolute atomic E-state index is 14.1. The van der Waals surface area contributed by atoms with Gasteiger partial charge in [0.05, 0.1) is 6.61 Å². The van der Waals surface area contributed by atoms with E-state index in [-0.39, 0.29) is 30.7 Å². The second-order valence-corrected chi connectivity index (χ2v) is 7.39. The van der Waals surface area contributed by atoms with Crippen LogP contribution in [0.3, 0.4) is 0 Å². The van der Waals surface area contributed by atoms with Gasteiger partial charge in [-0.3, -0.25) is 4.79 Å². The van der Waals surface area contributed by atoms with Gasteiger partial charge in [-0.05, 0) is 30.7 Å². The third-order valence-corrected chi connectivity index (χ3v) is 5.46. The average molecular weight is 351 g/mol. The van der Waals surface area contributed by atoms with Crippen molar-refractivity contribution in [1.29, 1.82) is 0 Å². The van der Waals surface area contributed by atoms with Crippen LogP contribution in [0, 0.1) is 5.92 Å². The first-order chi connectivity index (χ1) is 12.0. The molecule has 25 heavy (non-hydrogen) atoms. The van der Waals surface area contributed by atoms with Crippen LogP contribution in [0.15, 0.2) is 30.3 Å². The van der Waals surface area contributed by atoms with Crippen LogP contribution in [-0.4, -0.2) is 35.4 Å². The maximum Gasteiger partial charge on any atom is 0.251 e. The third kappa shape index (κ3) is 4.57. The largest absolute Gasteiger partial charge is 0.364 e. The van der Waals surface area contributed by atoms with Crippen molar-refractivity contribution < 1.29 is 18.3 Å². The van der Waals surface area contributed by atoms with Gasteiger partial charge >= 0.3 is 0 Å². The zero-order chi connectivity index (χ0) is 17.9. The van der Waals surface area contributed by atoms with Gasteiger partial charge in [-0.2, -0.15) is 0 Å². The molecule has 1 aromatic carbocycles. The number of nitrogens with zero attached hydrogens (tertiary/aromatic N) is 1. The Labute approximate surface area is 148 Å². The van der Waals surface area contributed by atoms with Crippen LogP contribution in [0.25, 0.3) is 0 Å². The van der Waals surface area contributed by atoms with Crippen molar-refractivity contribution >= 4 is 5.91 Å². The van der Waals surface area contributed by atoms with E-state index in [2.05, 4.69) is 0 Å². The van der Waals surface area contributed by atoms with E-state index in [0.29, 0.717) is 26.0 Å². The van der Waals surface area contributed by atoms with Gasteiger partial charge in [-0.25, -0.2) is 8.78 Å². The predicted molar refractivity (Wildman–Crippen MR) is 92.3 cm³/mol. The number of rotatable bonds is 5. The van der Waals surface area contributed by atoms with E-state index >= 15 is 0 Å². The number of likely N-dealkylation sites (tertiary alicyclic amines) is 1. The van der Waals surface area contributed by atoms with Crippen LogP contribution >= 0.6 is 0 Å². The Bertz CT molecular complexity index is 578. The minimum absolute atomic E-state index is 0.00726. The molecule has 1 aliphatic carbocycles. The average Bonchev–Trinajstić information content (AvgIpc) is 2.60. The molecule has 1 heterocycles. The standard InChI is InChI=1S/C20H27F2NO2/c1-2-15-11-17(13-20(21,22)12-15)23-10-6-9-18(19(23)24)25-14-16-7-4-3-5-8-16/h3-5,7-8,15,17-18H,2,6,9-14H2,1H3. The van der Waals surface area contributed by atoms with Crippen LogP contribution in [0.5, 0.6) is 0 Å². The summed E-state index contributed by atoms with van der Waals surface area (Å²) in [7, 11) is 0. The van der Waals surface area contributed by atoms with Crippen molar-refractivity contribution in [2.75, 3.05) is 6.54 Å². The molecular formula is C20H27F2NO2. The summed E-state index contributed by atoms with van der Waals surface area (Å²) in [6.45, 7) is 2.90. The van der Waals surface area contributed by atoms with Crippen LogP contribution in [0.4, 0.5) is 8.78 Å². The highest BCUT2D eigenvalue weighted by Gasteiger charge is 2.45. The second-order valence-electron chi connectivity index (χ2n) is 7.39. The first-order valence-electron chi connectivity index (χ1n) is 9.32. The number of benzene rings is 1. The second kappa shape index (κ2) is 7.81. The molecule has 3 nitrogen and oxygen atoms in total. The summed E-state index contributed by atoms with van der Waals surface area (Å²) < 4.78 is 34.0. The van der Waals surface area contributed by atoms with Crippen LogP contribution in [0.2, 0.25) is 0 Å². The summed E-state index contributed by atoms with van der Waals surface area (Å²) in [4.78, 5) is 14.5. The molecule has 0 N–H and O–H groups in total. The molecule has 0 radical (unpaired) electrons. The Morgan fingerprint density at radius 3 is 2.72 bits per heavy atom. The first-order valence-corrected chi connectivity index (χ1v) is 9.32. The third-order valence-electron chi connectivity index (χ3n) is 5.46. The topological polar surface area (TPSA) is 29.5 Å². The van der Waals surface area contributed by atoms with Crippen molar-refractivity contribution in [2.24, 2.45) is 5.92 Å². The lowest BCUT2D eigenvalue weighted by atomic mass is 9.80. The van der Waals surface area contributed by atoms with Crippen LogP contribution in [-0.2, 0) is 16.1 Å². The van der Waals surface area contributed by atoms with Gasteiger partial charge < -0.3 is 9.64 Å². The van der Waals surface area contributed by atoms with E-state index in [1.165, 1.54) is 0 Å². The summed E-state index contributed by atoms with van der Waals surface area (Å²) in [5.74, 6) is -2.78. The van der Waals surface area contributed by atoms with Gasteiger partial charge in [0.25, 0.3) is 5.91 Å². The van der Waals surface area contributed by atoms with E-state index in [9.17, 15) is 13.6 Å². The fraction of sp³-hybridized carbons (Fsp3) is 0.650. The van der Waals surface area contributed by atoms with E-state index in [0.717, 1.165) is 18.4 Å². The molecule has 138 valence electrons. The maximum atomic E-state index is 14.1. The van der Waals surface area contributed by atoms with Gasteiger partial charge in [-0.15, -0.1) is 0 Å². The number of ether oxygens (including phenoxy) is 1. The van der Waals surface area contributed by atoms with Crippen molar-refractivity contribution in [3.8, 4) is 0 Å². The fourth-order valence-electron chi connectivity index (χ4n) is 4.10. The number of carbonyl (C=O) groups excluding carboxylic acids is 1. The lowest BCUT2D eigenvalue weighted by molar-refractivity contribution is -0.157. The van der Waals surface area contributed by atoms with Gasteiger partial charge in [0, 0.05) is 25.4 Å². The van der Waals surface area contributed by atoms with E-state index < -0.39 is 12.0 Å². The summed E-state index contributed by atoms with van der Waals surface area (Å²) in [6, 6.07) is 9.36. The SMILES string of the molecule is CCC1CC(N2CCCC(OCc3ccccc3)C2=O)CC(F)(F)C1. The summed E-state index contributed by atoms with van der Waals surface area (Å²) in [5.41, 5.74) is 1.02. The zero-order valence-electron chi connectivity index (χ0n) is 14.8. The predicted octanol–water partition coefficient (Wildman–Crippen LogP) is 4.41. The minimum atomic E-state index is -2.66. The van der Waals surface area contributed by atoms with E-state index in [1.54, 1.807) is 4.90 Å². The highest BCUT2D eigenvalue weighted by Crippen LogP contribution is 2.41. The van der Waals surface area contributed by atoms with E-state index in [4.69, 9.17) is 4.74 Å². The monoisotopic (exact) mass is 351 g/mol. The Balaban J connectivity index is 1.63. The molecule has 2 fully saturated rings. The number of halogens is 2. The fourth-order valence-corrected chi connectivity index (χ4v) is 4.10. The number of amides is 1. The van der Waals surface area contributed by atoms with Gasteiger partial charge in [0.2, 0.25) is 5.92 Å². The molecule has 1 saturated heterocycles. The molecule has 1 aliphatic heterocycles. The molecule has 1 saturated carbocycles. The molecule has 2 aliphatic rings. The van der Waals surface area contributed by atoms with E-state index in [1.807, 2.05) is 37.3 Å². The molecule has 3 unspecified atom stereocenters. The zero-order valence-corrected chi connectivity index (χ0v) is 14.8. The van der Waals surface area contributed by atoms with Gasteiger partial charge in [0.1, 0.15) is 6.10 Å². The Hall–Kier alpha value is -1.49. The summed E-state index contributed by atoms with van der Waals surface area (Å²) >= 11 is 0. The molecule has 0 bridgehead atoms. The van der Waals surface area contributed by atoms with Crippen LogP contribution in [0.1, 0.15) is 51.0 Å². The lowest BCUT2D eigenvalue weighted by Crippen LogP contribution is -2.53. The quantitative estimate of drug-likeness (QED) is 0.786. The lowest BCUT2D eigenvalue weighted by Gasteiger charge is -2.43. The number of hydrogen-bond acceptors (Lipinski definition) is 2. The number of carbonyl (C=O) groups is 1. The van der Waals surface area contributed by atoms with Crippen molar-refractivity contribution in [3.05, 3.63) is 35.9 Å². The molecule has 1 aromatic rings. The molecule has 5 heteroatoms. The summed E-state index contributed by atoms with van der Waals surface area (Å²) in [6.07, 6.45) is 2.14. The highest BCUT2D eigenvalue weighted by molar-refractivity contribution is 5.82. The number of piperidine rings is 1. The molecule has 0 spiro atoms. The van der Waals surface area contributed by atoms with Crippen LogP contribution < -0.4 is 0 Å².